The van der Waals surface area contributed by atoms with Gasteiger partial charge in [-0.3, -0.25) is 9.36 Å². The van der Waals surface area contributed by atoms with Crippen LogP contribution in [0.1, 0.15) is 5.82 Å². The summed E-state index contributed by atoms with van der Waals surface area (Å²) in [6.07, 6.45) is 5.11. The Morgan fingerprint density at radius 2 is 2.30 bits per heavy atom. The number of pyridine rings is 1. The fraction of sp³-hybridized carbons (Fsp3) is 0.308. The molecular formula is C13H17N5O2. The van der Waals surface area contributed by atoms with Crippen molar-refractivity contribution in [3.8, 4) is 5.82 Å². The molecule has 106 valence electrons. The van der Waals surface area contributed by atoms with Crippen LogP contribution in [0.4, 0.5) is 5.69 Å². The zero-order chi connectivity index (χ0) is 14.5. The van der Waals surface area contributed by atoms with E-state index >= 15 is 0 Å². The first-order chi connectivity index (χ1) is 9.63. The molecule has 7 heteroatoms. The molecule has 0 aliphatic rings. The van der Waals surface area contributed by atoms with Gasteiger partial charge < -0.3 is 15.8 Å². The summed E-state index contributed by atoms with van der Waals surface area (Å²) in [5.41, 5.74) is 6.27. The number of hydrogen-bond acceptors (Lipinski definition) is 5. The lowest BCUT2D eigenvalue weighted by Crippen LogP contribution is -2.39. The number of carbonyl (C=O) groups excluding carboxylic acids is 1. The molecule has 1 atom stereocenters. The van der Waals surface area contributed by atoms with Crippen LogP contribution in [-0.2, 0) is 9.53 Å². The number of hydrogen-bond donors (Lipinski definition) is 2. The van der Waals surface area contributed by atoms with E-state index < -0.39 is 6.04 Å². The van der Waals surface area contributed by atoms with Gasteiger partial charge in [0.2, 0.25) is 5.91 Å². The molecule has 2 rings (SSSR count). The van der Waals surface area contributed by atoms with Crippen molar-refractivity contribution in [1.82, 2.24) is 14.5 Å². The van der Waals surface area contributed by atoms with E-state index in [-0.39, 0.29) is 12.5 Å². The standard InChI is InChI=1S/C13H17N5O2/c1-9-15-6-7-18(9)12-11(4-3-5-16-12)17-13(19)10(14)8-20-2/h3-7,10H,8,14H2,1-2H3,(H,17,19). The van der Waals surface area contributed by atoms with Gasteiger partial charge in [-0.25, -0.2) is 9.97 Å². The van der Waals surface area contributed by atoms with Crippen LogP contribution < -0.4 is 11.1 Å². The molecule has 0 saturated carbocycles. The monoisotopic (exact) mass is 275 g/mol. The molecule has 2 heterocycles. The Kier molecular flexibility index (Phi) is 4.44. The van der Waals surface area contributed by atoms with E-state index in [2.05, 4.69) is 15.3 Å². The van der Waals surface area contributed by atoms with Crippen molar-refractivity contribution in [3.05, 3.63) is 36.5 Å². The van der Waals surface area contributed by atoms with Gasteiger partial charge in [0, 0.05) is 25.7 Å². The molecule has 0 radical (unpaired) electrons. The summed E-state index contributed by atoms with van der Waals surface area (Å²) in [6.45, 7) is 2.02. The van der Waals surface area contributed by atoms with Crippen molar-refractivity contribution in [3.63, 3.8) is 0 Å². The molecule has 20 heavy (non-hydrogen) atoms. The van der Waals surface area contributed by atoms with Crippen LogP contribution in [0.25, 0.3) is 5.82 Å². The second kappa shape index (κ2) is 6.27. The van der Waals surface area contributed by atoms with Crippen LogP contribution in [-0.4, -0.2) is 40.2 Å². The van der Waals surface area contributed by atoms with Gasteiger partial charge >= 0.3 is 0 Å². The minimum atomic E-state index is -0.725. The topological polar surface area (TPSA) is 95.1 Å². The third kappa shape index (κ3) is 3.01. The average molecular weight is 275 g/mol. The van der Waals surface area contributed by atoms with Gasteiger partial charge in [0.05, 0.1) is 12.3 Å². The molecule has 2 aromatic rings. The summed E-state index contributed by atoms with van der Waals surface area (Å²) >= 11 is 0. The average Bonchev–Trinajstić information content (AvgIpc) is 2.86. The molecule has 7 nitrogen and oxygen atoms in total. The predicted octanol–water partition coefficient (Wildman–Crippen LogP) is 0.488. The number of nitrogens with one attached hydrogen (secondary N) is 1. The predicted molar refractivity (Wildman–Crippen MR) is 74.6 cm³/mol. The minimum Gasteiger partial charge on any atom is -0.383 e. The van der Waals surface area contributed by atoms with Gasteiger partial charge in [-0.2, -0.15) is 0 Å². The molecule has 2 aromatic heterocycles. The first-order valence-electron chi connectivity index (χ1n) is 6.14. The maximum atomic E-state index is 11.9. The van der Waals surface area contributed by atoms with E-state index in [9.17, 15) is 4.79 Å². The molecule has 0 aliphatic carbocycles. The van der Waals surface area contributed by atoms with E-state index in [4.69, 9.17) is 10.5 Å². The highest BCUT2D eigenvalue weighted by atomic mass is 16.5. The number of ether oxygens (including phenoxy) is 1. The summed E-state index contributed by atoms with van der Waals surface area (Å²) in [6, 6.07) is 2.78. The van der Waals surface area contributed by atoms with Crippen LogP contribution in [0.15, 0.2) is 30.7 Å². The number of rotatable bonds is 5. The SMILES string of the molecule is COCC(N)C(=O)Nc1cccnc1-n1ccnc1C. The van der Waals surface area contributed by atoms with Crippen molar-refractivity contribution < 1.29 is 9.53 Å². The lowest BCUT2D eigenvalue weighted by atomic mass is 10.3. The third-order valence-electron chi connectivity index (χ3n) is 2.78. The van der Waals surface area contributed by atoms with Crippen LogP contribution in [0.2, 0.25) is 0 Å². The summed E-state index contributed by atoms with van der Waals surface area (Å²) in [4.78, 5) is 20.4. The molecular weight excluding hydrogens is 258 g/mol. The van der Waals surface area contributed by atoms with Gasteiger partial charge in [-0.1, -0.05) is 0 Å². The number of aryl methyl sites for hydroxylation is 1. The lowest BCUT2D eigenvalue weighted by Gasteiger charge is -2.14. The maximum Gasteiger partial charge on any atom is 0.243 e. The van der Waals surface area contributed by atoms with Crippen LogP contribution >= 0.6 is 0 Å². The number of imidazole rings is 1. The van der Waals surface area contributed by atoms with Crippen molar-refractivity contribution in [2.24, 2.45) is 5.73 Å². The summed E-state index contributed by atoms with van der Waals surface area (Å²) in [5.74, 6) is 1.06. The molecule has 3 N–H and O–H groups in total. The smallest absolute Gasteiger partial charge is 0.243 e. The van der Waals surface area contributed by atoms with Gasteiger partial charge in [-0.05, 0) is 19.1 Å². The van der Waals surface area contributed by atoms with Crippen LogP contribution in [0.3, 0.4) is 0 Å². The van der Waals surface area contributed by atoms with E-state index in [1.165, 1.54) is 7.11 Å². The molecule has 0 fully saturated rings. The minimum absolute atomic E-state index is 0.158. The number of methoxy groups -OCH3 is 1. The fourth-order valence-corrected chi connectivity index (χ4v) is 1.77. The van der Waals surface area contributed by atoms with Gasteiger partial charge in [0.1, 0.15) is 11.9 Å². The Labute approximate surface area is 116 Å². The highest BCUT2D eigenvalue weighted by Crippen LogP contribution is 2.18. The van der Waals surface area contributed by atoms with E-state index in [0.29, 0.717) is 11.5 Å². The zero-order valence-corrected chi connectivity index (χ0v) is 11.4. The third-order valence-corrected chi connectivity index (χ3v) is 2.78. The Bertz CT molecular complexity index is 596. The Hall–Kier alpha value is -2.25. The molecule has 0 aromatic carbocycles. The molecule has 0 spiro atoms. The number of anilines is 1. The molecule has 0 bridgehead atoms. The molecule has 0 aliphatic heterocycles. The van der Waals surface area contributed by atoms with Crippen molar-refractivity contribution >= 4 is 11.6 Å². The zero-order valence-electron chi connectivity index (χ0n) is 11.4. The van der Waals surface area contributed by atoms with E-state index in [1.54, 1.807) is 35.3 Å². The van der Waals surface area contributed by atoms with Crippen LogP contribution in [0, 0.1) is 6.92 Å². The molecule has 0 saturated heterocycles. The van der Waals surface area contributed by atoms with Gasteiger partial charge in [0.25, 0.3) is 0 Å². The van der Waals surface area contributed by atoms with Gasteiger partial charge in [0.15, 0.2) is 5.82 Å². The second-order valence-corrected chi connectivity index (χ2v) is 4.27. The van der Waals surface area contributed by atoms with Crippen LogP contribution in [0.5, 0.6) is 0 Å². The van der Waals surface area contributed by atoms with Gasteiger partial charge in [-0.15, -0.1) is 0 Å². The summed E-state index contributed by atoms with van der Waals surface area (Å²) in [7, 11) is 1.50. The number of nitrogens with zero attached hydrogens (tertiary/aromatic N) is 3. The fourth-order valence-electron chi connectivity index (χ4n) is 1.77. The number of aromatic nitrogens is 3. The number of amides is 1. The quantitative estimate of drug-likeness (QED) is 0.828. The highest BCUT2D eigenvalue weighted by Gasteiger charge is 2.16. The highest BCUT2D eigenvalue weighted by molar-refractivity contribution is 5.96. The largest absolute Gasteiger partial charge is 0.383 e. The normalized spacial score (nSPS) is 12.2. The van der Waals surface area contributed by atoms with E-state index in [0.717, 1.165) is 5.82 Å². The Morgan fingerprint density at radius 3 is 2.95 bits per heavy atom. The summed E-state index contributed by atoms with van der Waals surface area (Å²) < 4.78 is 6.66. The summed E-state index contributed by atoms with van der Waals surface area (Å²) in [5, 5.41) is 2.76. The Balaban J connectivity index is 2.25. The second-order valence-electron chi connectivity index (χ2n) is 4.27. The molecule has 1 unspecified atom stereocenters. The van der Waals surface area contributed by atoms with Crippen molar-refractivity contribution in [2.75, 3.05) is 19.0 Å². The first-order valence-corrected chi connectivity index (χ1v) is 6.14. The number of carbonyl (C=O) groups is 1. The van der Waals surface area contributed by atoms with Crippen molar-refractivity contribution in [1.29, 1.82) is 0 Å². The maximum absolute atomic E-state index is 11.9. The molecule has 1 amide bonds. The van der Waals surface area contributed by atoms with E-state index in [1.807, 2.05) is 6.92 Å². The number of nitrogens with two attached hydrogens (primary N) is 1. The van der Waals surface area contributed by atoms with Crippen molar-refractivity contribution in [2.45, 2.75) is 13.0 Å². The lowest BCUT2D eigenvalue weighted by molar-refractivity contribution is -0.118. The Morgan fingerprint density at radius 1 is 1.50 bits per heavy atom. The first kappa shape index (κ1) is 14.2.